The van der Waals surface area contributed by atoms with Crippen LogP contribution in [0.4, 0.5) is 0 Å². The lowest BCUT2D eigenvalue weighted by Gasteiger charge is -2.22. The number of aliphatic hydroxyl groups excluding tert-OH is 1. The second kappa shape index (κ2) is 6.28. The van der Waals surface area contributed by atoms with E-state index in [4.69, 9.17) is 5.11 Å². The number of aliphatic hydroxyl groups is 1. The van der Waals surface area contributed by atoms with Gasteiger partial charge in [-0.15, -0.1) is 0 Å². The minimum Gasteiger partial charge on any atom is -0.390 e. The Labute approximate surface area is 121 Å². The van der Waals surface area contributed by atoms with Crippen molar-refractivity contribution in [1.82, 2.24) is 9.29 Å². The summed E-state index contributed by atoms with van der Waals surface area (Å²) >= 11 is 0. The Bertz CT molecular complexity index is 551. The van der Waals surface area contributed by atoms with Gasteiger partial charge in [-0.05, 0) is 24.8 Å². The minimum absolute atomic E-state index is 0.0142. The fourth-order valence-corrected chi connectivity index (χ4v) is 4.29. The van der Waals surface area contributed by atoms with E-state index < -0.39 is 10.0 Å². The van der Waals surface area contributed by atoms with Crippen molar-refractivity contribution in [2.75, 3.05) is 0 Å². The van der Waals surface area contributed by atoms with Crippen LogP contribution in [0.25, 0.3) is 0 Å². The van der Waals surface area contributed by atoms with Crippen LogP contribution in [0.2, 0.25) is 0 Å². The van der Waals surface area contributed by atoms with Crippen LogP contribution in [0.15, 0.2) is 17.2 Å². The fourth-order valence-electron chi connectivity index (χ4n) is 2.82. The smallest absolute Gasteiger partial charge is 0.242 e. The van der Waals surface area contributed by atoms with Crippen molar-refractivity contribution >= 4 is 10.0 Å². The third-order valence-electron chi connectivity index (χ3n) is 4.22. The zero-order valence-electron chi connectivity index (χ0n) is 12.2. The average molecular weight is 300 g/mol. The van der Waals surface area contributed by atoms with Crippen molar-refractivity contribution in [2.24, 2.45) is 13.0 Å². The highest BCUT2D eigenvalue weighted by atomic mass is 32.2. The maximum absolute atomic E-state index is 12.4. The summed E-state index contributed by atoms with van der Waals surface area (Å²) in [7, 11) is -1.77. The third-order valence-corrected chi connectivity index (χ3v) is 5.68. The van der Waals surface area contributed by atoms with E-state index >= 15 is 0 Å². The first-order valence-electron chi connectivity index (χ1n) is 7.22. The van der Waals surface area contributed by atoms with E-state index in [1.807, 2.05) is 0 Å². The summed E-state index contributed by atoms with van der Waals surface area (Å²) in [5.74, 6) is 0.369. The molecule has 0 saturated heterocycles. The van der Waals surface area contributed by atoms with Crippen molar-refractivity contribution in [1.29, 1.82) is 0 Å². The molecular weight excluding hydrogens is 276 g/mol. The van der Waals surface area contributed by atoms with Gasteiger partial charge in [0, 0.05) is 25.0 Å². The quantitative estimate of drug-likeness (QED) is 0.832. The molecule has 1 fully saturated rings. The van der Waals surface area contributed by atoms with E-state index in [0.717, 1.165) is 19.3 Å². The second-order valence-electron chi connectivity index (χ2n) is 5.78. The van der Waals surface area contributed by atoms with Crippen molar-refractivity contribution in [3.8, 4) is 0 Å². The molecule has 5 nitrogen and oxygen atoms in total. The highest BCUT2D eigenvalue weighted by molar-refractivity contribution is 7.89. The standard InChI is InChI=1S/C14H24N2O3S/c1-11-6-4-3-5-7-14(11)15-20(18,19)13-8-12(10-17)16(2)9-13/h8-9,11,14-15,17H,3-7,10H2,1-2H3. The number of aryl methyl sites for hydroxylation is 1. The molecule has 0 aliphatic heterocycles. The molecule has 1 aromatic heterocycles. The van der Waals surface area contributed by atoms with Crippen molar-refractivity contribution in [2.45, 2.75) is 56.6 Å². The monoisotopic (exact) mass is 300 g/mol. The van der Waals surface area contributed by atoms with Crippen molar-refractivity contribution in [3.63, 3.8) is 0 Å². The lowest BCUT2D eigenvalue weighted by atomic mass is 9.98. The van der Waals surface area contributed by atoms with Crippen LogP contribution >= 0.6 is 0 Å². The molecule has 0 radical (unpaired) electrons. The molecule has 1 aliphatic carbocycles. The first-order chi connectivity index (χ1) is 9.44. The summed E-state index contributed by atoms with van der Waals surface area (Å²) in [5.41, 5.74) is 0.597. The van der Waals surface area contributed by atoms with E-state index in [1.54, 1.807) is 17.8 Å². The highest BCUT2D eigenvalue weighted by Gasteiger charge is 2.26. The van der Waals surface area contributed by atoms with E-state index in [9.17, 15) is 8.42 Å². The molecule has 6 heteroatoms. The van der Waals surface area contributed by atoms with E-state index in [2.05, 4.69) is 11.6 Å². The van der Waals surface area contributed by atoms with Gasteiger partial charge in [0.15, 0.2) is 0 Å². The van der Waals surface area contributed by atoms with Gasteiger partial charge in [-0.1, -0.05) is 26.2 Å². The molecule has 1 aliphatic rings. The molecule has 0 bridgehead atoms. The normalized spacial score (nSPS) is 24.6. The molecular formula is C14H24N2O3S. The minimum atomic E-state index is -3.50. The number of nitrogens with one attached hydrogen (secondary N) is 1. The van der Waals surface area contributed by atoms with Crippen LogP contribution in [0.3, 0.4) is 0 Å². The predicted octanol–water partition coefficient (Wildman–Crippen LogP) is 1.76. The summed E-state index contributed by atoms with van der Waals surface area (Å²) in [5, 5.41) is 9.16. The number of sulfonamides is 1. The molecule has 20 heavy (non-hydrogen) atoms. The number of hydrogen-bond donors (Lipinski definition) is 2. The van der Waals surface area contributed by atoms with Crippen molar-refractivity contribution < 1.29 is 13.5 Å². The molecule has 0 aromatic carbocycles. The predicted molar refractivity (Wildman–Crippen MR) is 77.7 cm³/mol. The molecule has 1 saturated carbocycles. The molecule has 1 heterocycles. The van der Waals surface area contributed by atoms with Crippen molar-refractivity contribution in [3.05, 3.63) is 18.0 Å². The van der Waals surface area contributed by atoms with Gasteiger partial charge < -0.3 is 9.67 Å². The zero-order valence-corrected chi connectivity index (χ0v) is 13.0. The molecule has 2 atom stereocenters. The molecule has 0 spiro atoms. The first-order valence-corrected chi connectivity index (χ1v) is 8.71. The number of hydrogen-bond acceptors (Lipinski definition) is 3. The molecule has 2 rings (SSSR count). The molecule has 2 N–H and O–H groups in total. The lowest BCUT2D eigenvalue weighted by Crippen LogP contribution is -2.38. The molecule has 114 valence electrons. The summed E-state index contributed by atoms with van der Waals surface area (Å²) in [4.78, 5) is 0.237. The summed E-state index contributed by atoms with van der Waals surface area (Å²) in [6.07, 6.45) is 6.97. The first kappa shape index (κ1) is 15.5. The largest absolute Gasteiger partial charge is 0.390 e. The molecule has 0 amide bonds. The lowest BCUT2D eigenvalue weighted by molar-refractivity contribution is 0.272. The van der Waals surface area contributed by atoms with Gasteiger partial charge >= 0.3 is 0 Å². The number of rotatable bonds is 4. The summed E-state index contributed by atoms with van der Waals surface area (Å²) in [6.45, 7) is 1.95. The van der Waals surface area contributed by atoms with Crippen LogP contribution in [0.5, 0.6) is 0 Å². The number of nitrogens with zero attached hydrogens (tertiary/aromatic N) is 1. The Balaban J connectivity index is 2.17. The average Bonchev–Trinajstić information content (AvgIpc) is 2.67. The van der Waals surface area contributed by atoms with Gasteiger partial charge in [0.05, 0.1) is 11.5 Å². The van der Waals surface area contributed by atoms with Gasteiger partial charge in [0.25, 0.3) is 0 Å². The van der Waals surface area contributed by atoms with Crippen LogP contribution in [-0.2, 0) is 23.7 Å². The highest BCUT2D eigenvalue weighted by Crippen LogP contribution is 2.25. The SMILES string of the molecule is CC1CCCCCC1NS(=O)(=O)c1cc(CO)n(C)c1. The van der Waals surface area contributed by atoms with Gasteiger partial charge in [0.1, 0.15) is 0 Å². The maximum Gasteiger partial charge on any atom is 0.242 e. The zero-order chi connectivity index (χ0) is 14.8. The third kappa shape index (κ3) is 3.42. The number of aromatic nitrogens is 1. The van der Waals surface area contributed by atoms with Crippen LogP contribution in [0.1, 0.15) is 44.7 Å². The van der Waals surface area contributed by atoms with Gasteiger partial charge in [-0.25, -0.2) is 13.1 Å². The summed E-state index contributed by atoms with van der Waals surface area (Å²) < 4.78 is 29.4. The Morgan fingerprint density at radius 2 is 2.05 bits per heavy atom. The van der Waals surface area contributed by atoms with Gasteiger partial charge in [-0.2, -0.15) is 0 Å². The van der Waals surface area contributed by atoms with Crippen LogP contribution < -0.4 is 4.72 Å². The topological polar surface area (TPSA) is 71.3 Å². The van der Waals surface area contributed by atoms with Gasteiger partial charge in [-0.3, -0.25) is 0 Å². The van der Waals surface area contributed by atoms with E-state index in [-0.39, 0.29) is 17.5 Å². The van der Waals surface area contributed by atoms with E-state index in [1.165, 1.54) is 18.9 Å². The maximum atomic E-state index is 12.4. The summed E-state index contributed by atoms with van der Waals surface area (Å²) in [6, 6.07) is 1.55. The second-order valence-corrected chi connectivity index (χ2v) is 7.49. The van der Waals surface area contributed by atoms with Gasteiger partial charge in [0.2, 0.25) is 10.0 Å². The fraction of sp³-hybridized carbons (Fsp3) is 0.714. The molecule has 2 unspecified atom stereocenters. The Morgan fingerprint density at radius 1 is 1.35 bits per heavy atom. The Hall–Kier alpha value is -0.850. The molecule has 1 aromatic rings. The Morgan fingerprint density at radius 3 is 2.70 bits per heavy atom. The van der Waals surface area contributed by atoms with E-state index in [0.29, 0.717) is 11.6 Å². The van der Waals surface area contributed by atoms with Crippen LogP contribution in [-0.4, -0.2) is 24.1 Å². The van der Waals surface area contributed by atoms with Crippen LogP contribution in [0, 0.1) is 5.92 Å². The Kier molecular flexibility index (Phi) is 4.88.